The molecular weight excluding hydrogens is 488 g/mol. The predicted molar refractivity (Wildman–Crippen MR) is 123 cm³/mol. The Morgan fingerprint density at radius 1 is 0.833 bits per heavy atom. The van der Waals surface area contributed by atoms with E-state index in [2.05, 4.69) is 20.8 Å². The highest BCUT2D eigenvalue weighted by Crippen LogP contribution is 2.37. The number of alkyl halides is 6. The lowest BCUT2D eigenvalue weighted by atomic mass is 10.0. The highest BCUT2D eigenvalue weighted by atomic mass is 19.4. The van der Waals surface area contributed by atoms with E-state index in [4.69, 9.17) is 4.74 Å². The Bertz CT molecular complexity index is 1330. The van der Waals surface area contributed by atoms with Crippen molar-refractivity contribution in [3.63, 3.8) is 0 Å². The standard InChI is InChI=1S/C24H21F6N5O/c1-3-36-18-6-4-17(5-7-18)35-12-19-20(13-35)22(34-33-21(19)31-2)32-11-14-8-15(23(25,26)27)10-16(9-14)24(28,29)30/h4-10,12-13H,3,11H2,1-2H3,(H,31,33)(H,32,34). The van der Waals surface area contributed by atoms with Crippen LogP contribution in [0.3, 0.4) is 0 Å². The molecule has 0 aliphatic carbocycles. The maximum atomic E-state index is 13.2. The van der Waals surface area contributed by atoms with E-state index in [1.54, 1.807) is 19.4 Å². The molecular formula is C24H21F6N5O. The van der Waals surface area contributed by atoms with E-state index in [-0.39, 0.29) is 24.0 Å². The molecule has 2 heterocycles. The molecule has 0 saturated carbocycles. The molecule has 0 fully saturated rings. The summed E-state index contributed by atoms with van der Waals surface area (Å²) in [7, 11) is 1.66. The minimum absolute atomic E-state index is 0.0974. The Morgan fingerprint density at radius 3 is 1.92 bits per heavy atom. The number of nitrogens with one attached hydrogen (secondary N) is 2. The molecule has 4 aromatic rings. The molecule has 2 aromatic carbocycles. The van der Waals surface area contributed by atoms with Crippen molar-refractivity contribution in [3.05, 3.63) is 71.5 Å². The van der Waals surface area contributed by atoms with Crippen molar-refractivity contribution in [2.45, 2.75) is 25.8 Å². The Hall–Kier alpha value is -3.96. The lowest BCUT2D eigenvalue weighted by Gasteiger charge is -2.15. The first-order valence-electron chi connectivity index (χ1n) is 10.8. The van der Waals surface area contributed by atoms with E-state index < -0.39 is 23.5 Å². The van der Waals surface area contributed by atoms with E-state index in [1.807, 2.05) is 35.8 Å². The number of fused-ring (bicyclic) bond motifs is 1. The summed E-state index contributed by atoms with van der Waals surface area (Å²) in [6, 6.07) is 8.77. The lowest BCUT2D eigenvalue weighted by Crippen LogP contribution is -2.13. The molecule has 2 N–H and O–H groups in total. The second-order valence-corrected chi connectivity index (χ2v) is 7.83. The predicted octanol–water partition coefficient (Wildman–Crippen LogP) is 6.51. The van der Waals surface area contributed by atoms with Gasteiger partial charge < -0.3 is 19.9 Å². The summed E-state index contributed by atoms with van der Waals surface area (Å²) >= 11 is 0. The molecule has 0 spiro atoms. The normalized spacial score (nSPS) is 12.1. The van der Waals surface area contributed by atoms with Crippen LogP contribution in [0.25, 0.3) is 16.5 Å². The monoisotopic (exact) mass is 509 g/mol. The SMILES string of the molecule is CCOc1ccc(-n2cc3c(NC)nnc(NCc4cc(C(F)(F)F)cc(C(F)(F)F)c4)c3c2)cc1. The van der Waals surface area contributed by atoms with Crippen molar-refractivity contribution in [1.29, 1.82) is 0 Å². The topological polar surface area (TPSA) is 64.0 Å². The second kappa shape index (κ2) is 9.59. The number of hydrogen-bond acceptors (Lipinski definition) is 5. The highest BCUT2D eigenvalue weighted by molar-refractivity contribution is 5.98. The van der Waals surface area contributed by atoms with Crippen LogP contribution in [0.15, 0.2) is 54.9 Å². The molecule has 0 radical (unpaired) electrons. The van der Waals surface area contributed by atoms with Crippen LogP contribution < -0.4 is 15.4 Å². The highest BCUT2D eigenvalue weighted by Gasteiger charge is 2.36. The third-order valence-electron chi connectivity index (χ3n) is 5.38. The van der Waals surface area contributed by atoms with Crippen molar-refractivity contribution >= 4 is 22.4 Å². The van der Waals surface area contributed by atoms with Gasteiger partial charge in [0.1, 0.15) is 5.75 Å². The molecule has 12 heteroatoms. The lowest BCUT2D eigenvalue weighted by molar-refractivity contribution is -0.143. The third kappa shape index (κ3) is 5.31. The summed E-state index contributed by atoms with van der Waals surface area (Å²) in [6.45, 7) is 2.08. The van der Waals surface area contributed by atoms with Crippen LogP contribution >= 0.6 is 0 Å². The first-order chi connectivity index (χ1) is 17.0. The zero-order chi connectivity index (χ0) is 26.1. The molecule has 36 heavy (non-hydrogen) atoms. The minimum atomic E-state index is -4.92. The van der Waals surface area contributed by atoms with Crippen LogP contribution in [0, 0.1) is 0 Å². The maximum Gasteiger partial charge on any atom is 0.416 e. The van der Waals surface area contributed by atoms with Crippen LogP contribution in [-0.4, -0.2) is 28.4 Å². The third-order valence-corrected chi connectivity index (χ3v) is 5.38. The largest absolute Gasteiger partial charge is 0.494 e. The maximum absolute atomic E-state index is 13.2. The van der Waals surface area contributed by atoms with E-state index in [0.717, 1.165) is 5.69 Å². The van der Waals surface area contributed by atoms with Crippen LogP contribution in [0.1, 0.15) is 23.6 Å². The van der Waals surface area contributed by atoms with Crippen molar-refractivity contribution in [3.8, 4) is 11.4 Å². The summed E-state index contributed by atoms with van der Waals surface area (Å²) in [5.74, 6) is 1.37. The molecule has 0 aliphatic heterocycles. The van der Waals surface area contributed by atoms with Crippen LogP contribution in [0.2, 0.25) is 0 Å². The van der Waals surface area contributed by atoms with Crippen molar-refractivity contribution in [1.82, 2.24) is 14.8 Å². The van der Waals surface area contributed by atoms with Gasteiger partial charge in [0.15, 0.2) is 11.6 Å². The number of ether oxygens (including phenoxy) is 1. The molecule has 0 bridgehead atoms. The number of hydrogen-bond donors (Lipinski definition) is 2. The number of benzene rings is 2. The molecule has 0 amide bonds. The zero-order valence-electron chi connectivity index (χ0n) is 19.1. The first-order valence-corrected chi connectivity index (χ1v) is 10.8. The number of rotatable bonds is 7. The molecule has 190 valence electrons. The molecule has 0 aliphatic rings. The molecule has 6 nitrogen and oxygen atoms in total. The fourth-order valence-corrected chi connectivity index (χ4v) is 3.69. The first kappa shape index (κ1) is 25.1. The number of anilines is 2. The molecule has 0 saturated heterocycles. The molecule has 4 rings (SSSR count). The second-order valence-electron chi connectivity index (χ2n) is 7.83. The summed E-state index contributed by atoms with van der Waals surface area (Å²) in [4.78, 5) is 0. The van der Waals surface area contributed by atoms with Gasteiger partial charge in [0, 0.05) is 42.4 Å². The van der Waals surface area contributed by atoms with Gasteiger partial charge in [-0.2, -0.15) is 26.3 Å². The number of aromatic nitrogens is 3. The van der Waals surface area contributed by atoms with Gasteiger partial charge in [0.05, 0.1) is 17.7 Å². The molecule has 0 atom stereocenters. The van der Waals surface area contributed by atoms with E-state index in [1.165, 1.54) is 0 Å². The van der Waals surface area contributed by atoms with Gasteiger partial charge in [-0.25, -0.2) is 0 Å². The van der Waals surface area contributed by atoms with Gasteiger partial charge in [-0.1, -0.05) is 0 Å². The van der Waals surface area contributed by atoms with E-state index in [0.29, 0.717) is 41.1 Å². The summed E-state index contributed by atoms with van der Waals surface area (Å²) in [5, 5.41) is 15.1. The Labute approximate surface area is 201 Å². The van der Waals surface area contributed by atoms with Gasteiger partial charge in [0.2, 0.25) is 0 Å². The minimum Gasteiger partial charge on any atom is -0.494 e. The molecule has 0 unspecified atom stereocenters. The quantitative estimate of drug-likeness (QED) is 0.278. The van der Waals surface area contributed by atoms with E-state index >= 15 is 0 Å². The fraction of sp³-hybridized carbons (Fsp3) is 0.250. The average Bonchev–Trinajstić information content (AvgIpc) is 3.28. The zero-order valence-corrected chi connectivity index (χ0v) is 19.1. The smallest absolute Gasteiger partial charge is 0.416 e. The van der Waals surface area contributed by atoms with Gasteiger partial charge in [-0.15, -0.1) is 10.2 Å². The fourth-order valence-electron chi connectivity index (χ4n) is 3.69. The summed E-state index contributed by atoms with van der Waals surface area (Å²) in [6.07, 6.45) is -6.31. The van der Waals surface area contributed by atoms with Gasteiger partial charge in [0.25, 0.3) is 0 Å². The average molecular weight is 509 g/mol. The Balaban J connectivity index is 1.68. The molecule has 2 aromatic heterocycles. The van der Waals surface area contributed by atoms with Crippen molar-refractivity contribution in [2.75, 3.05) is 24.3 Å². The van der Waals surface area contributed by atoms with Gasteiger partial charge in [-0.05, 0) is 55.0 Å². The number of nitrogens with zero attached hydrogens (tertiary/aromatic N) is 3. The van der Waals surface area contributed by atoms with Crippen LogP contribution in [0.5, 0.6) is 5.75 Å². The summed E-state index contributed by atoms with van der Waals surface area (Å²) < 4.78 is 86.4. The Morgan fingerprint density at radius 2 is 1.39 bits per heavy atom. The van der Waals surface area contributed by atoms with Gasteiger partial charge >= 0.3 is 12.4 Å². The Kier molecular flexibility index (Phi) is 6.70. The van der Waals surface area contributed by atoms with Crippen LogP contribution in [-0.2, 0) is 18.9 Å². The van der Waals surface area contributed by atoms with Crippen molar-refractivity contribution in [2.24, 2.45) is 0 Å². The number of halogens is 6. The summed E-state index contributed by atoms with van der Waals surface area (Å²) in [5.41, 5.74) is -2.15. The van der Waals surface area contributed by atoms with Crippen molar-refractivity contribution < 1.29 is 31.1 Å². The van der Waals surface area contributed by atoms with Crippen LogP contribution in [0.4, 0.5) is 38.0 Å². The van der Waals surface area contributed by atoms with Gasteiger partial charge in [-0.3, -0.25) is 0 Å². The van der Waals surface area contributed by atoms with E-state index in [9.17, 15) is 26.3 Å².